The van der Waals surface area contributed by atoms with Gasteiger partial charge in [0.2, 0.25) is 0 Å². The maximum Gasteiger partial charge on any atom is 0.0689 e. The molecule has 1 N–H and O–H groups in total. The van der Waals surface area contributed by atoms with Crippen LogP contribution in [0.1, 0.15) is 25.3 Å². The van der Waals surface area contributed by atoms with Crippen molar-refractivity contribution < 1.29 is 5.11 Å². The molecule has 13 heavy (non-hydrogen) atoms. The predicted octanol–water partition coefficient (Wildman–Crippen LogP) is 1.12. The zero-order valence-corrected chi connectivity index (χ0v) is 8.20. The van der Waals surface area contributed by atoms with Gasteiger partial charge in [0.05, 0.1) is 11.8 Å². The van der Waals surface area contributed by atoms with E-state index in [9.17, 15) is 5.11 Å². The van der Waals surface area contributed by atoms with E-state index < -0.39 is 5.60 Å². The standard InChI is InChI=1S/C10H16N2O/c1-10(13,9-3-4-9)5-8-6-11-12(2)7-8/h6-7,9,13H,3-5H2,1-2H3. The van der Waals surface area contributed by atoms with Gasteiger partial charge in [-0.25, -0.2) is 0 Å². The molecule has 1 atom stereocenters. The van der Waals surface area contributed by atoms with Gasteiger partial charge in [-0.15, -0.1) is 0 Å². The lowest BCUT2D eigenvalue weighted by molar-refractivity contribution is 0.0372. The van der Waals surface area contributed by atoms with Crippen LogP contribution in [0.3, 0.4) is 0 Å². The van der Waals surface area contributed by atoms with Crippen molar-refractivity contribution in [2.75, 3.05) is 0 Å². The molecule has 1 saturated carbocycles. The SMILES string of the molecule is Cn1cc(CC(C)(O)C2CC2)cn1. The number of hydrogen-bond donors (Lipinski definition) is 1. The number of aliphatic hydroxyl groups is 1. The first-order valence-electron chi connectivity index (χ1n) is 4.78. The van der Waals surface area contributed by atoms with Gasteiger partial charge in [0.25, 0.3) is 0 Å². The zero-order valence-electron chi connectivity index (χ0n) is 8.20. The monoisotopic (exact) mass is 180 g/mol. The molecule has 0 radical (unpaired) electrons. The molecule has 1 fully saturated rings. The Bertz CT molecular complexity index is 300. The molecule has 1 aromatic heterocycles. The van der Waals surface area contributed by atoms with Crippen LogP contribution < -0.4 is 0 Å². The summed E-state index contributed by atoms with van der Waals surface area (Å²) < 4.78 is 1.78. The normalized spacial score (nSPS) is 21.5. The summed E-state index contributed by atoms with van der Waals surface area (Å²) in [5.41, 5.74) is 0.600. The molecular formula is C10H16N2O. The Morgan fingerprint density at radius 1 is 1.69 bits per heavy atom. The second kappa shape index (κ2) is 2.84. The first-order valence-corrected chi connectivity index (χ1v) is 4.78. The van der Waals surface area contributed by atoms with Gasteiger partial charge in [-0.2, -0.15) is 5.10 Å². The van der Waals surface area contributed by atoms with Gasteiger partial charge >= 0.3 is 0 Å². The Morgan fingerprint density at radius 2 is 2.38 bits per heavy atom. The molecule has 72 valence electrons. The van der Waals surface area contributed by atoms with Crippen LogP contribution in [-0.4, -0.2) is 20.5 Å². The number of hydrogen-bond acceptors (Lipinski definition) is 2. The highest BCUT2D eigenvalue weighted by molar-refractivity contribution is 5.10. The molecule has 0 aliphatic heterocycles. The van der Waals surface area contributed by atoms with Crippen molar-refractivity contribution >= 4 is 0 Å². The summed E-state index contributed by atoms with van der Waals surface area (Å²) in [6.45, 7) is 1.93. The smallest absolute Gasteiger partial charge is 0.0689 e. The summed E-state index contributed by atoms with van der Waals surface area (Å²) in [6, 6.07) is 0. The van der Waals surface area contributed by atoms with Gasteiger partial charge in [0.15, 0.2) is 0 Å². The summed E-state index contributed by atoms with van der Waals surface area (Å²) in [5, 5.41) is 14.2. The zero-order chi connectivity index (χ0) is 9.47. The van der Waals surface area contributed by atoms with E-state index in [2.05, 4.69) is 5.10 Å². The van der Waals surface area contributed by atoms with Crippen molar-refractivity contribution in [2.24, 2.45) is 13.0 Å². The first-order chi connectivity index (χ1) is 6.08. The second-order valence-corrected chi connectivity index (χ2v) is 4.33. The Labute approximate surface area is 78.4 Å². The Morgan fingerprint density at radius 3 is 2.85 bits per heavy atom. The van der Waals surface area contributed by atoms with E-state index in [0.717, 1.165) is 12.0 Å². The van der Waals surface area contributed by atoms with Gasteiger partial charge in [-0.1, -0.05) is 0 Å². The highest BCUT2D eigenvalue weighted by Gasteiger charge is 2.39. The van der Waals surface area contributed by atoms with Crippen LogP contribution in [0, 0.1) is 5.92 Å². The Kier molecular flexibility index (Phi) is 1.91. The Balaban J connectivity index is 2.04. The summed E-state index contributed by atoms with van der Waals surface area (Å²) in [4.78, 5) is 0. The average Bonchev–Trinajstić information content (AvgIpc) is 2.78. The molecule has 2 rings (SSSR count). The second-order valence-electron chi connectivity index (χ2n) is 4.33. The summed E-state index contributed by atoms with van der Waals surface area (Å²) in [6.07, 6.45) is 6.87. The minimum absolute atomic E-state index is 0.507. The van der Waals surface area contributed by atoms with Crippen LogP contribution in [0.25, 0.3) is 0 Å². The van der Waals surface area contributed by atoms with Gasteiger partial charge < -0.3 is 5.11 Å². The van der Waals surface area contributed by atoms with E-state index in [1.165, 1.54) is 12.8 Å². The van der Waals surface area contributed by atoms with Gasteiger partial charge in [-0.05, 0) is 31.2 Å². The fourth-order valence-electron chi connectivity index (χ4n) is 1.83. The Hall–Kier alpha value is -0.830. The van der Waals surface area contributed by atoms with E-state index in [1.807, 2.05) is 26.4 Å². The lowest BCUT2D eigenvalue weighted by Crippen LogP contribution is -2.29. The lowest BCUT2D eigenvalue weighted by Gasteiger charge is -2.21. The van der Waals surface area contributed by atoms with Gasteiger partial charge in [0, 0.05) is 19.7 Å². The molecule has 1 aliphatic carbocycles. The molecule has 3 nitrogen and oxygen atoms in total. The fraction of sp³-hybridized carbons (Fsp3) is 0.700. The first kappa shape index (κ1) is 8.75. The summed E-state index contributed by atoms with van der Waals surface area (Å²) in [5.74, 6) is 0.507. The predicted molar refractivity (Wildman–Crippen MR) is 50.3 cm³/mol. The average molecular weight is 180 g/mol. The van der Waals surface area contributed by atoms with Gasteiger partial charge in [0.1, 0.15) is 0 Å². The molecule has 3 heteroatoms. The third kappa shape index (κ3) is 1.91. The molecule has 1 heterocycles. The quantitative estimate of drug-likeness (QED) is 0.757. The molecular weight excluding hydrogens is 164 g/mol. The van der Waals surface area contributed by atoms with Crippen molar-refractivity contribution in [1.29, 1.82) is 0 Å². The minimum Gasteiger partial charge on any atom is -0.390 e. The lowest BCUT2D eigenvalue weighted by atomic mass is 9.93. The van der Waals surface area contributed by atoms with Gasteiger partial charge in [-0.3, -0.25) is 4.68 Å². The number of rotatable bonds is 3. The van der Waals surface area contributed by atoms with Crippen LogP contribution in [0.15, 0.2) is 12.4 Å². The number of nitrogens with zero attached hydrogens (tertiary/aromatic N) is 2. The molecule has 1 unspecified atom stereocenters. The van der Waals surface area contributed by atoms with E-state index >= 15 is 0 Å². The molecule has 0 amide bonds. The maximum absolute atomic E-state index is 10.1. The van der Waals surface area contributed by atoms with E-state index in [0.29, 0.717) is 5.92 Å². The van der Waals surface area contributed by atoms with Crippen molar-refractivity contribution in [2.45, 2.75) is 31.8 Å². The fourth-order valence-corrected chi connectivity index (χ4v) is 1.83. The number of aromatic nitrogens is 2. The third-order valence-corrected chi connectivity index (χ3v) is 2.78. The van der Waals surface area contributed by atoms with Crippen molar-refractivity contribution in [3.63, 3.8) is 0 Å². The largest absolute Gasteiger partial charge is 0.390 e. The van der Waals surface area contributed by atoms with E-state index in [-0.39, 0.29) is 0 Å². The van der Waals surface area contributed by atoms with Crippen LogP contribution in [0.5, 0.6) is 0 Å². The topological polar surface area (TPSA) is 38.0 Å². The molecule has 1 aliphatic rings. The van der Waals surface area contributed by atoms with Crippen LogP contribution in [0.2, 0.25) is 0 Å². The van der Waals surface area contributed by atoms with Crippen molar-refractivity contribution in [1.82, 2.24) is 9.78 Å². The van der Waals surface area contributed by atoms with Crippen LogP contribution >= 0.6 is 0 Å². The van der Waals surface area contributed by atoms with E-state index in [1.54, 1.807) is 4.68 Å². The van der Waals surface area contributed by atoms with Crippen molar-refractivity contribution in [3.8, 4) is 0 Å². The number of aryl methyl sites for hydroxylation is 1. The molecule has 0 aromatic carbocycles. The molecule has 0 saturated heterocycles. The summed E-state index contributed by atoms with van der Waals surface area (Å²) >= 11 is 0. The van der Waals surface area contributed by atoms with Crippen molar-refractivity contribution in [3.05, 3.63) is 18.0 Å². The van der Waals surface area contributed by atoms with E-state index in [4.69, 9.17) is 0 Å². The summed E-state index contributed by atoms with van der Waals surface area (Å²) in [7, 11) is 1.90. The molecule has 0 spiro atoms. The van der Waals surface area contributed by atoms with Crippen LogP contribution in [0.4, 0.5) is 0 Å². The maximum atomic E-state index is 10.1. The highest BCUT2D eigenvalue weighted by Crippen LogP contribution is 2.41. The highest BCUT2D eigenvalue weighted by atomic mass is 16.3. The minimum atomic E-state index is -0.525. The molecule has 0 bridgehead atoms. The molecule has 1 aromatic rings. The van der Waals surface area contributed by atoms with Crippen LogP contribution in [-0.2, 0) is 13.5 Å². The third-order valence-electron chi connectivity index (χ3n) is 2.78.